The highest BCUT2D eigenvalue weighted by Crippen LogP contribution is 2.11. The van der Waals surface area contributed by atoms with Crippen molar-refractivity contribution in [2.45, 2.75) is 26.9 Å². The largest absolute Gasteiger partial charge is 0.307 e. The molecule has 0 aromatic carbocycles. The van der Waals surface area contributed by atoms with Crippen LogP contribution in [0.5, 0.6) is 0 Å². The van der Waals surface area contributed by atoms with E-state index in [9.17, 15) is 4.79 Å². The standard InChI is InChI=1S/C13H18N2OS2/c1-3-14(9-12-5-4-8-17-12)6-7-15-11(2)10-18-13(15)16/h4-5,8,10H,3,6-7,9H2,1-2H3. The first-order chi connectivity index (χ1) is 8.70. The molecule has 2 aromatic heterocycles. The molecule has 0 spiro atoms. The lowest BCUT2D eigenvalue weighted by Crippen LogP contribution is -2.29. The number of thiazole rings is 1. The molecule has 0 aliphatic rings. The third-order valence-corrected chi connectivity index (χ3v) is 4.77. The molecule has 0 radical (unpaired) electrons. The Labute approximate surface area is 115 Å². The summed E-state index contributed by atoms with van der Waals surface area (Å²) in [6.45, 7) is 7.85. The van der Waals surface area contributed by atoms with Gasteiger partial charge in [-0.05, 0) is 24.9 Å². The molecule has 0 atom stereocenters. The van der Waals surface area contributed by atoms with E-state index in [1.165, 1.54) is 16.2 Å². The predicted octanol–water partition coefficient (Wildman–Crippen LogP) is 2.80. The van der Waals surface area contributed by atoms with Gasteiger partial charge in [-0.15, -0.1) is 11.3 Å². The summed E-state index contributed by atoms with van der Waals surface area (Å²) in [6.07, 6.45) is 0. The van der Waals surface area contributed by atoms with E-state index < -0.39 is 0 Å². The van der Waals surface area contributed by atoms with Gasteiger partial charge in [-0.2, -0.15) is 0 Å². The summed E-state index contributed by atoms with van der Waals surface area (Å²) >= 11 is 3.07. The average molecular weight is 282 g/mol. The van der Waals surface area contributed by atoms with Crippen LogP contribution in [0.1, 0.15) is 17.5 Å². The molecule has 0 saturated carbocycles. The summed E-state index contributed by atoms with van der Waals surface area (Å²) in [6, 6.07) is 4.25. The van der Waals surface area contributed by atoms with Gasteiger partial charge in [0, 0.05) is 35.6 Å². The second-order valence-electron chi connectivity index (χ2n) is 4.24. The van der Waals surface area contributed by atoms with Gasteiger partial charge in [-0.1, -0.05) is 24.3 Å². The molecule has 5 heteroatoms. The number of thiophene rings is 1. The second-order valence-corrected chi connectivity index (χ2v) is 6.10. The SMILES string of the molecule is CCN(CCn1c(C)csc1=O)Cc1cccs1. The lowest BCUT2D eigenvalue weighted by Gasteiger charge is -2.19. The molecular weight excluding hydrogens is 264 g/mol. The van der Waals surface area contributed by atoms with Crippen LogP contribution in [0, 0.1) is 6.92 Å². The predicted molar refractivity (Wildman–Crippen MR) is 78.6 cm³/mol. The van der Waals surface area contributed by atoms with E-state index in [1.807, 2.05) is 16.9 Å². The Bertz CT molecular complexity index is 527. The average Bonchev–Trinajstić information content (AvgIpc) is 2.97. The van der Waals surface area contributed by atoms with E-state index in [0.29, 0.717) is 0 Å². The summed E-state index contributed by atoms with van der Waals surface area (Å²) in [5, 5.41) is 4.04. The summed E-state index contributed by atoms with van der Waals surface area (Å²) in [5.41, 5.74) is 1.07. The van der Waals surface area contributed by atoms with E-state index in [4.69, 9.17) is 0 Å². The van der Waals surface area contributed by atoms with Crippen LogP contribution in [-0.2, 0) is 13.1 Å². The van der Waals surface area contributed by atoms with E-state index in [-0.39, 0.29) is 4.87 Å². The van der Waals surface area contributed by atoms with Crippen LogP contribution in [0.4, 0.5) is 0 Å². The maximum absolute atomic E-state index is 11.6. The maximum Gasteiger partial charge on any atom is 0.307 e. The number of likely N-dealkylation sites (N-methyl/N-ethyl adjacent to an activating group) is 1. The summed E-state index contributed by atoms with van der Waals surface area (Å²) < 4.78 is 1.86. The van der Waals surface area contributed by atoms with Gasteiger partial charge >= 0.3 is 4.87 Å². The Morgan fingerprint density at radius 3 is 2.78 bits per heavy atom. The van der Waals surface area contributed by atoms with Crippen LogP contribution in [0.3, 0.4) is 0 Å². The van der Waals surface area contributed by atoms with Crippen LogP contribution < -0.4 is 4.87 Å². The number of aryl methyl sites for hydroxylation is 1. The minimum Gasteiger partial charge on any atom is -0.302 e. The first kappa shape index (κ1) is 13.5. The fourth-order valence-corrected chi connectivity index (χ4v) is 3.40. The summed E-state index contributed by atoms with van der Waals surface area (Å²) in [4.78, 5) is 15.5. The minimum absolute atomic E-state index is 0.152. The highest BCUT2D eigenvalue weighted by Gasteiger charge is 2.07. The number of nitrogens with zero attached hydrogens (tertiary/aromatic N) is 2. The smallest absolute Gasteiger partial charge is 0.302 e. The van der Waals surface area contributed by atoms with E-state index in [2.05, 4.69) is 29.3 Å². The molecule has 0 fully saturated rings. The van der Waals surface area contributed by atoms with Crippen molar-refractivity contribution in [3.8, 4) is 0 Å². The van der Waals surface area contributed by atoms with Crippen LogP contribution >= 0.6 is 22.7 Å². The molecule has 3 nitrogen and oxygen atoms in total. The molecule has 18 heavy (non-hydrogen) atoms. The monoisotopic (exact) mass is 282 g/mol. The van der Waals surface area contributed by atoms with Crippen LogP contribution in [0.25, 0.3) is 0 Å². The van der Waals surface area contributed by atoms with Crippen LogP contribution in [0.15, 0.2) is 27.7 Å². The van der Waals surface area contributed by atoms with Crippen molar-refractivity contribution in [3.05, 3.63) is 43.1 Å². The van der Waals surface area contributed by atoms with Gasteiger partial charge in [0.1, 0.15) is 0 Å². The van der Waals surface area contributed by atoms with Gasteiger partial charge in [0.05, 0.1) is 0 Å². The van der Waals surface area contributed by atoms with Gasteiger partial charge in [0.15, 0.2) is 0 Å². The third-order valence-electron chi connectivity index (χ3n) is 3.02. The number of hydrogen-bond acceptors (Lipinski definition) is 4. The number of aromatic nitrogens is 1. The van der Waals surface area contributed by atoms with Crippen molar-refractivity contribution < 1.29 is 0 Å². The van der Waals surface area contributed by atoms with Gasteiger partial charge in [0.2, 0.25) is 0 Å². The molecule has 2 aromatic rings. The maximum atomic E-state index is 11.6. The lowest BCUT2D eigenvalue weighted by atomic mass is 10.4. The van der Waals surface area contributed by atoms with Gasteiger partial charge in [-0.3, -0.25) is 9.69 Å². The van der Waals surface area contributed by atoms with Crippen molar-refractivity contribution in [2.24, 2.45) is 0 Å². The zero-order chi connectivity index (χ0) is 13.0. The molecule has 98 valence electrons. The fraction of sp³-hybridized carbons (Fsp3) is 0.462. The van der Waals surface area contributed by atoms with Crippen molar-refractivity contribution >= 4 is 22.7 Å². The first-order valence-electron chi connectivity index (χ1n) is 6.10. The Morgan fingerprint density at radius 1 is 1.39 bits per heavy atom. The van der Waals surface area contributed by atoms with E-state index >= 15 is 0 Å². The first-order valence-corrected chi connectivity index (χ1v) is 7.86. The Morgan fingerprint density at radius 2 is 2.22 bits per heavy atom. The molecule has 2 rings (SSSR count). The van der Waals surface area contributed by atoms with Crippen molar-refractivity contribution in [1.29, 1.82) is 0 Å². The zero-order valence-electron chi connectivity index (χ0n) is 10.8. The highest BCUT2D eigenvalue weighted by molar-refractivity contribution is 7.09. The zero-order valence-corrected chi connectivity index (χ0v) is 12.4. The van der Waals surface area contributed by atoms with E-state index in [1.54, 1.807) is 11.3 Å². The topological polar surface area (TPSA) is 25.2 Å². The van der Waals surface area contributed by atoms with Crippen LogP contribution in [0.2, 0.25) is 0 Å². The third kappa shape index (κ3) is 3.31. The lowest BCUT2D eigenvalue weighted by molar-refractivity contribution is 0.269. The molecular formula is C13H18N2OS2. The quantitative estimate of drug-likeness (QED) is 0.814. The Balaban J connectivity index is 1.93. The molecule has 0 amide bonds. The van der Waals surface area contributed by atoms with Crippen LogP contribution in [-0.4, -0.2) is 22.6 Å². The number of rotatable bonds is 6. The molecule has 0 saturated heterocycles. The highest BCUT2D eigenvalue weighted by atomic mass is 32.1. The van der Waals surface area contributed by atoms with E-state index in [0.717, 1.165) is 31.9 Å². The molecule has 2 heterocycles. The fourth-order valence-electron chi connectivity index (χ4n) is 1.89. The minimum atomic E-state index is 0.152. The van der Waals surface area contributed by atoms with Gasteiger partial charge < -0.3 is 4.57 Å². The molecule has 0 aliphatic carbocycles. The summed E-state index contributed by atoms with van der Waals surface area (Å²) in [5.74, 6) is 0. The molecule has 0 unspecified atom stereocenters. The van der Waals surface area contributed by atoms with Crippen molar-refractivity contribution in [2.75, 3.05) is 13.1 Å². The summed E-state index contributed by atoms with van der Waals surface area (Å²) in [7, 11) is 0. The molecule has 0 bridgehead atoms. The van der Waals surface area contributed by atoms with Crippen molar-refractivity contribution in [3.63, 3.8) is 0 Å². The second kappa shape index (κ2) is 6.31. The van der Waals surface area contributed by atoms with Gasteiger partial charge in [0.25, 0.3) is 0 Å². The van der Waals surface area contributed by atoms with Gasteiger partial charge in [-0.25, -0.2) is 0 Å². The molecule has 0 N–H and O–H groups in total. The number of hydrogen-bond donors (Lipinski definition) is 0. The Kier molecular flexibility index (Phi) is 4.74. The molecule has 0 aliphatic heterocycles. The van der Waals surface area contributed by atoms with Crippen molar-refractivity contribution in [1.82, 2.24) is 9.47 Å². The normalized spacial score (nSPS) is 11.3. The Hall–Kier alpha value is -0.910.